The van der Waals surface area contributed by atoms with Gasteiger partial charge in [0.15, 0.2) is 5.11 Å². The third kappa shape index (κ3) is 6.01. The summed E-state index contributed by atoms with van der Waals surface area (Å²) in [5, 5.41) is 15.0. The van der Waals surface area contributed by atoms with Crippen LogP contribution in [0.25, 0.3) is 0 Å². The lowest BCUT2D eigenvalue weighted by atomic mass is 10.1. The Morgan fingerprint density at radius 3 is 2.24 bits per heavy atom. The average molecular weight is 426 g/mol. The fourth-order valence-corrected chi connectivity index (χ4v) is 3.31. The van der Waals surface area contributed by atoms with Gasteiger partial charge in [-0.05, 0) is 35.8 Å². The zero-order valence-electron chi connectivity index (χ0n) is 15.6. The molecule has 7 heteroatoms. The van der Waals surface area contributed by atoms with Crippen molar-refractivity contribution in [1.29, 1.82) is 0 Å². The second-order valence-electron chi connectivity index (χ2n) is 6.49. The van der Waals surface area contributed by atoms with Gasteiger partial charge in [0.1, 0.15) is 0 Å². The SMILES string of the molecule is O=[N+]([O-])c1ccc(Cl)c(NC(=S)N(CCc2ccccc2)Cc2ccccc2)c1. The topological polar surface area (TPSA) is 58.4 Å². The first-order valence-corrected chi connectivity index (χ1v) is 9.89. The van der Waals surface area contributed by atoms with E-state index in [4.69, 9.17) is 23.8 Å². The summed E-state index contributed by atoms with van der Waals surface area (Å²) >= 11 is 11.8. The molecule has 0 radical (unpaired) electrons. The normalized spacial score (nSPS) is 10.4. The third-order valence-electron chi connectivity index (χ3n) is 4.42. The minimum Gasteiger partial charge on any atom is -0.344 e. The van der Waals surface area contributed by atoms with Gasteiger partial charge in [-0.15, -0.1) is 0 Å². The van der Waals surface area contributed by atoms with Crippen LogP contribution in [0, 0.1) is 10.1 Å². The number of non-ortho nitro benzene ring substituents is 1. The molecule has 1 N–H and O–H groups in total. The maximum absolute atomic E-state index is 11.1. The van der Waals surface area contributed by atoms with Crippen LogP contribution < -0.4 is 5.32 Å². The van der Waals surface area contributed by atoms with Crippen molar-refractivity contribution in [3.8, 4) is 0 Å². The van der Waals surface area contributed by atoms with Crippen molar-refractivity contribution < 1.29 is 4.92 Å². The summed E-state index contributed by atoms with van der Waals surface area (Å²) in [6.45, 7) is 1.31. The molecule has 0 heterocycles. The summed E-state index contributed by atoms with van der Waals surface area (Å²) in [6, 6.07) is 24.4. The molecule has 29 heavy (non-hydrogen) atoms. The number of rotatable bonds is 7. The second-order valence-corrected chi connectivity index (χ2v) is 7.29. The van der Waals surface area contributed by atoms with Gasteiger partial charge < -0.3 is 10.2 Å². The first-order valence-electron chi connectivity index (χ1n) is 9.10. The van der Waals surface area contributed by atoms with Crippen LogP contribution in [-0.4, -0.2) is 21.5 Å². The Hall–Kier alpha value is -2.96. The van der Waals surface area contributed by atoms with E-state index in [0.29, 0.717) is 28.9 Å². The van der Waals surface area contributed by atoms with Crippen LogP contribution in [0.4, 0.5) is 11.4 Å². The predicted molar refractivity (Wildman–Crippen MR) is 121 cm³/mol. The zero-order chi connectivity index (χ0) is 20.6. The van der Waals surface area contributed by atoms with Crippen LogP contribution in [0.15, 0.2) is 78.9 Å². The molecule has 0 bridgehead atoms. The summed E-state index contributed by atoms with van der Waals surface area (Å²) in [6.07, 6.45) is 0.818. The molecule has 148 valence electrons. The monoisotopic (exact) mass is 425 g/mol. The van der Waals surface area contributed by atoms with Gasteiger partial charge in [0.2, 0.25) is 0 Å². The van der Waals surface area contributed by atoms with Crippen molar-refractivity contribution in [1.82, 2.24) is 4.90 Å². The first-order chi connectivity index (χ1) is 14.0. The van der Waals surface area contributed by atoms with E-state index in [1.807, 2.05) is 53.4 Å². The Morgan fingerprint density at radius 1 is 1.00 bits per heavy atom. The Morgan fingerprint density at radius 2 is 1.62 bits per heavy atom. The van der Waals surface area contributed by atoms with E-state index >= 15 is 0 Å². The molecular formula is C22H20ClN3O2S. The van der Waals surface area contributed by atoms with Gasteiger partial charge in [-0.3, -0.25) is 10.1 Å². The number of nitrogens with one attached hydrogen (secondary N) is 1. The van der Waals surface area contributed by atoms with Gasteiger partial charge in [0, 0.05) is 25.2 Å². The standard InChI is InChI=1S/C22H20ClN3O2S/c23-20-12-11-19(26(27)28)15-21(20)24-22(29)25(16-18-9-5-2-6-10-18)14-13-17-7-3-1-4-8-17/h1-12,15H,13-14,16H2,(H,24,29). The molecule has 0 aliphatic heterocycles. The molecular weight excluding hydrogens is 406 g/mol. The van der Waals surface area contributed by atoms with Gasteiger partial charge in [0.05, 0.1) is 15.6 Å². The molecule has 0 spiro atoms. The summed E-state index contributed by atoms with van der Waals surface area (Å²) in [7, 11) is 0. The Labute approximate surface area is 180 Å². The number of benzene rings is 3. The average Bonchev–Trinajstić information content (AvgIpc) is 2.74. The number of nitro groups is 1. The smallest absolute Gasteiger partial charge is 0.271 e. The van der Waals surface area contributed by atoms with Crippen LogP contribution in [-0.2, 0) is 13.0 Å². The number of hydrogen-bond donors (Lipinski definition) is 1. The number of thiocarbonyl (C=S) groups is 1. The second kappa shape index (κ2) is 10.0. The van der Waals surface area contributed by atoms with E-state index in [2.05, 4.69) is 17.4 Å². The quantitative estimate of drug-likeness (QED) is 0.299. The molecule has 0 amide bonds. The molecule has 3 rings (SSSR count). The minimum absolute atomic E-state index is 0.0430. The van der Waals surface area contributed by atoms with E-state index in [1.165, 1.54) is 23.8 Å². The van der Waals surface area contributed by atoms with Gasteiger partial charge in [-0.1, -0.05) is 72.3 Å². The molecule has 3 aromatic carbocycles. The molecule has 0 aromatic heterocycles. The maximum atomic E-state index is 11.1. The third-order valence-corrected chi connectivity index (χ3v) is 5.11. The van der Waals surface area contributed by atoms with E-state index < -0.39 is 4.92 Å². The maximum Gasteiger partial charge on any atom is 0.271 e. The minimum atomic E-state index is -0.457. The molecule has 0 saturated carbocycles. The van der Waals surface area contributed by atoms with Crippen molar-refractivity contribution in [2.75, 3.05) is 11.9 Å². The highest BCUT2D eigenvalue weighted by atomic mass is 35.5. The van der Waals surface area contributed by atoms with Crippen LogP contribution in [0.1, 0.15) is 11.1 Å². The molecule has 0 unspecified atom stereocenters. The summed E-state index contributed by atoms with van der Waals surface area (Å²) in [5.41, 5.74) is 2.71. The molecule has 0 atom stereocenters. The number of nitrogens with zero attached hydrogens (tertiary/aromatic N) is 2. The molecule has 0 fully saturated rings. The Kier molecular flexibility index (Phi) is 7.16. The zero-order valence-corrected chi connectivity index (χ0v) is 17.2. The van der Waals surface area contributed by atoms with Crippen molar-refractivity contribution in [2.45, 2.75) is 13.0 Å². The van der Waals surface area contributed by atoms with Crippen molar-refractivity contribution in [2.24, 2.45) is 0 Å². The molecule has 3 aromatic rings. The molecule has 0 aliphatic carbocycles. The number of nitro benzene ring substituents is 1. The lowest BCUT2D eigenvalue weighted by Crippen LogP contribution is -2.36. The number of hydrogen-bond acceptors (Lipinski definition) is 3. The molecule has 0 saturated heterocycles. The Bertz CT molecular complexity index is 984. The fraction of sp³-hybridized carbons (Fsp3) is 0.136. The van der Waals surface area contributed by atoms with Gasteiger partial charge >= 0.3 is 0 Å². The Balaban J connectivity index is 1.78. The lowest BCUT2D eigenvalue weighted by molar-refractivity contribution is -0.384. The molecule has 5 nitrogen and oxygen atoms in total. The highest BCUT2D eigenvalue weighted by Gasteiger charge is 2.15. The van der Waals surface area contributed by atoms with Gasteiger partial charge in [-0.2, -0.15) is 0 Å². The highest BCUT2D eigenvalue weighted by Crippen LogP contribution is 2.27. The van der Waals surface area contributed by atoms with E-state index in [9.17, 15) is 10.1 Å². The summed E-state index contributed by atoms with van der Waals surface area (Å²) in [5.74, 6) is 0. The lowest BCUT2D eigenvalue weighted by Gasteiger charge is -2.26. The van der Waals surface area contributed by atoms with Gasteiger partial charge in [-0.25, -0.2) is 0 Å². The number of halogens is 1. The van der Waals surface area contributed by atoms with Crippen LogP contribution >= 0.6 is 23.8 Å². The fourth-order valence-electron chi connectivity index (χ4n) is 2.88. The molecule has 0 aliphatic rings. The number of anilines is 1. The van der Waals surface area contributed by atoms with E-state index in [-0.39, 0.29) is 5.69 Å². The predicted octanol–water partition coefficient (Wildman–Crippen LogP) is 5.69. The largest absolute Gasteiger partial charge is 0.344 e. The summed E-state index contributed by atoms with van der Waals surface area (Å²) < 4.78 is 0. The van der Waals surface area contributed by atoms with E-state index in [0.717, 1.165) is 12.0 Å². The van der Waals surface area contributed by atoms with Crippen molar-refractivity contribution >= 4 is 40.3 Å². The highest BCUT2D eigenvalue weighted by molar-refractivity contribution is 7.80. The van der Waals surface area contributed by atoms with Crippen LogP contribution in [0.3, 0.4) is 0 Å². The van der Waals surface area contributed by atoms with Crippen molar-refractivity contribution in [3.63, 3.8) is 0 Å². The van der Waals surface area contributed by atoms with Crippen molar-refractivity contribution in [3.05, 3.63) is 105 Å². The van der Waals surface area contributed by atoms with Crippen LogP contribution in [0.5, 0.6) is 0 Å². The summed E-state index contributed by atoms with van der Waals surface area (Å²) in [4.78, 5) is 12.7. The van der Waals surface area contributed by atoms with Gasteiger partial charge in [0.25, 0.3) is 5.69 Å². The van der Waals surface area contributed by atoms with Crippen LogP contribution in [0.2, 0.25) is 5.02 Å². The first kappa shape index (κ1) is 20.8. The van der Waals surface area contributed by atoms with E-state index in [1.54, 1.807) is 0 Å².